The van der Waals surface area contributed by atoms with Crippen LogP contribution in [0.5, 0.6) is 0 Å². The SMILES string of the molecule is Cc1cccc2sccc(=O)c12. The van der Waals surface area contributed by atoms with Gasteiger partial charge in [-0.15, -0.1) is 11.3 Å². The van der Waals surface area contributed by atoms with E-state index in [0.717, 1.165) is 15.6 Å². The van der Waals surface area contributed by atoms with Crippen molar-refractivity contribution in [3.05, 3.63) is 45.4 Å². The minimum atomic E-state index is 0.127. The second kappa shape index (κ2) is 2.72. The maximum Gasteiger partial charge on any atom is 0.188 e. The van der Waals surface area contributed by atoms with E-state index in [1.807, 2.05) is 30.5 Å². The highest BCUT2D eigenvalue weighted by atomic mass is 32.1. The molecule has 0 atom stereocenters. The second-order valence-electron chi connectivity index (χ2n) is 2.73. The number of fused-ring (bicyclic) bond motifs is 1. The normalized spacial score (nSPS) is 10.4. The Bertz CT molecular complexity index is 465. The Hall–Kier alpha value is -1.15. The molecular formula is C10H8OS. The second-order valence-corrected chi connectivity index (χ2v) is 3.68. The first-order chi connectivity index (χ1) is 5.79. The van der Waals surface area contributed by atoms with E-state index in [-0.39, 0.29) is 5.43 Å². The lowest BCUT2D eigenvalue weighted by Gasteiger charge is -1.97. The Morgan fingerprint density at radius 3 is 2.83 bits per heavy atom. The van der Waals surface area contributed by atoms with Crippen molar-refractivity contribution in [1.29, 1.82) is 0 Å². The van der Waals surface area contributed by atoms with Gasteiger partial charge in [-0.05, 0) is 30.0 Å². The zero-order valence-electron chi connectivity index (χ0n) is 6.70. The zero-order valence-corrected chi connectivity index (χ0v) is 7.52. The average molecular weight is 176 g/mol. The predicted octanol–water partition coefficient (Wildman–Crippen LogP) is 2.57. The summed E-state index contributed by atoms with van der Waals surface area (Å²) in [6, 6.07) is 7.55. The Balaban J connectivity index is 3.07. The highest BCUT2D eigenvalue weighted by molar-refractivity contribution is 7.16. The summed E-state index contributed by atoms with van der Waals surface area (Å²) in [4.78, 5) is 11.4. The number of hydrogen-bond donors (Lipinski definition) is 0. The fourth-order valence-corrected chi connectivity index (χ4v) is 2.18. The van der Waals surface area contributed by atoms with Gasteiger partial charge in [-0.1, -0.05) is 12.1 Å². The van der Waals surface area contributed by atoms with Gasteiger partial charge in [0.2, 0.25) is 0 Å². The fraction of sp³-hybridized carbons (Fsp3) is 0.100. The summed E-state index contributed by atoms with van der Waals surface area (Å²) in [6.45, 7) is 1.97. The summed E-state index contributed by atoms with van der Waals surface area (Å²) < 4.78 is 1.07. The molecule has 0 N–H and O–H groups in total. The lowest BCUT2D eigenvalue weighted by molar-refractivity contribution is 1.52. The first kappa shape index (κ1) is 7.50. The van der Waals surface area contributed by atoms with Crippen molar-refractivity contribution >= 4 is 21.4 Å². The van der Waals surface area contributed by atoms with Crippen molar-refractivity contribution in [2.75, 3.05) is 0 Å². The maximum atomic E-state index is 11.4. The van der Waals surface area contributed by atoms with E-state index in [1.54, 1.807) is 17.4 Å². The predicted molar refractivity (Wildman–Crippen MR) is 52.8 cm³/mol. The number of hydrogen-bond acceptors (Lipinski definition) is 2. The van der Waals surface area contributed by atoms with Gasteiger partial charge in [-0.3, -0.25) is 4.79 Å². The lowest BCUT2D eigenvalue weighted by atomic mass is 10.1. The van der Waals surface area contributed by atoms with Crippen molar-refractivity contribution in [3.63, 3.8) is 0 Å². The van der Waals surface area contributed by atoms with E-state index in [9.17, 15) is 4.79 Å². The van der Waals surface area contributed by atoms with Gasteiger partial charge in [0, 0.05) is 10.1 Å². The third-order valence-corrected chi connectivity index (χ3v) is 2.76. The largest absolute Gasteiger partial charge is 0.289 e. The third kappa shape index (κ3) is 1.04. The lowest BCUT2D eigenvalue weighted by Crippen LogP contribution is -1.98. The minimum Gasteiger partial charge on any atom is -0.289 e. The Morgan fingerprint density at radius 2 is 2.08 bits per heavy atom. The molecule has 0 bridgehead atoms. The number of benzene rings is 1. The maximum absolute atomic E-state index is 11.4. The van der Waals surface area contributed by atoms with Gasteiger partial charge < -0.3 is 0 Å². The van der Waals surface area contributed by atoms with Crippen LogP contribution in [0.2, 0.25) is 0 Å². The average Bonchev–Trinajstić information content (AvgIpc) is 2.04. The van der Waals surface area contributed by atoms with Crippen LogP contribution < -0.4 is 5.43 Å². The molecule has 0 saturated carbocycles. The summed E-state index contributed by atoms with van der Waals surface area (Å²) in [5.41, 5.74) is 1.19. The first-order valence-electron chi connectivity index (χ1n) is 3.76. The molecule has 1 nitrogen and oxygen atoms in total. The van der Waals surface area contributed by atoms with Crippen LogP contribution in [0, 0.1) is 6.92 Å². The Kier molecular flexibility index (Phi) is 1.70. The Labute approximate surface area is 74.3 Å². The molecule has 12 heavy (non-hydrogen) atoms. The van der Waals surface area contributed by atoms with Crippen LogP contribution in [-0.4, -0.2) is 0 Å². The fourth-order valence-electron chi connectivity index (χ4n) is 1.31. The first-order valence-corrected chi connectivity index (χ1v) is 4.64. The molecule has 0 aliphatic carbocycles. The highest BCUT2D eigenvalue weighted by Crippen LogP contribution is 2.17. The van der Waals surface area contributed by atoms with Crippen LogP contribution in [0.1, 0.15) is 5.56 Å². The molecule has 2 aromatic rings. The van der Waals surface area contributed by atoms with Crippen LogP contribution >= 0.6 is 11.3 Å². The van der Waals surface area contributed by atoms with Gasteiger partial charge in [0.25, 0.3) is 0 Å². The zero-order chi connectivity index (χ0) is 8.55. The van der Waals surface area contributed by atoms with E-state index in [4.69, 9.17) is 0 Å². The monoisotopic (exact) mass is 176 g/mol. The van der Waals surface area contributed by atoms with E-state index < -0.39 is 0 Å². The summed E-state index contributed by atoms with van der Waals surface area (Å²) in [6.07, 6.45) is 0. The van der Waals surface area contributed by atoms with Gasteiger partial charge in [0.15, 0.2) is 5.43 Å². The molecule has 1 heterocycles. The van der Waals surface area contributed by atoms with E-state index >= 15 is 0 Å². The van der Waals surface area contributed by atoms with Crippen molar-refractivity contribution in [1.82, 2.24) is 0 Å². The van der Waals surface area contributed by atoms with Crippen LogP contribution in [0.25, 0.3) is 10.1 Å². The number of rotatable bonds is 0. The van der Waals surface area contributed by atoms with Crippen molar-refractivity contribution < 1.29 is 0 Å². The Morgan fingerprint density at radius 1 is 1.25 bits per heavy atom. The molecule has 2 heteroatoms. The third-order valence-electron chi connectivity index (χ3n) is 1.90. The standard InChI is InChI=1S/C10H8OS/c1-7-3-2-4-9-10(7)8(11)5-6-12-9/h2-6H,1H3. The van der Waals surface area contributed by atoms with Crippen molar-refractivity contribution in [3.8, 4) is 0 Å². The molecule has 0 amide bonds. The van der Waals surface area contributed by atoms with Gasteiger partial charge in [-0.25, -0.2) is 0 Å². The van der Waals surface area contributed by atoms with Crippen LogP contribution in [0.15, 0.2) is 34.4 Å². The van der Waals surface area contributed by atoms with Gasteiger partial charge in [-0.2, -0.15) is 0 Å². The summed E-state index contributed by atoms with van der Waals surface area (Å²) in [5, 5.41) is 2.70. The van der Waals surface area contributed by atoms with Crippen LogP contribution in [-0.2, 0) is 0 Å². The number of aryl methyl sites for hydroxylation is 1. The topological polar surface area (TPSA) is 17.1 Å². The molecule has 1 aromatic heterocycles. The van der Waals surface area contributed by atoms with Crippen LogP contribution in [0.4, 0.5) is 0 Å². The van der Waals surface area contributed by atoms with Gasteiger partial charge in [0.05, 0.1) is 0 Å². The van der Waals surface area contributed by atoms with Gasteiger partial charge >= 0.3 is 0 Å². The molecule has 0 spiro atoms. The van der Waals surface area contributed by atoms with Gasteiger partial charge in [0.1, 0.15) is 0 Å². The summed E-state index contributed by atoms with van der Waals surface area (Å²) >= 11 is 1.61. The molecule has 60 valence electrons. The molecule has 0 fully saturated rings. The quantitative estimate of drug-likeness (QED) is 0.603. The van der Waals surface area contributed by atoms with Crippen LogP contribution in [0.3, 0.4) is 0 Å². The molecule has 0 saturated heterocycles. The smallest absolute Gasteiger partial charge is 0.188 e. The van der Waals surface area contributed by atoms with E-state index in [1.165, 1.54) is 0 Å². The molecule has 0 aliphatic rings. The molecule has 1 aromatic carbocycles. The van der Waals surface area contributed by atoms with E-state index in [2.05, 4.69) is 0 Å². The molecule has 0 aliphatic heterocycles. The summed E-state index contributed by atoms with van der Waals surface area (Å²) in [5.74, 6) is 0. The minimum absolute atomic E-state index is 0.127. The molecule has 0 unspecified atom stereocenters. The molecular weight excluding hydrogens is 168 g/mol. The summed E-state index contributed by atoms with van der Waals surface area (Å²) in [7, 11) is 0. The molecule has 0 radical (unpaired) electrons. The van der Waals surface area contributed by atoms with E-state index in [0.29, 0.717) is 0 Å². The highest BCUT2D eigenvalue weighted by Gasteiger charge is 1.99. The van der Waals surface area contributed by atoms with Crippen molar-refractivity contribution in [2.24, 2.45) is 0 Å². The molecule has 2 rings (SSSR count). The van der Waals surface area contributed by atoms with Crippen molar-refractivity contribution in [2.45, 2.75) is 6.92 Å².